The first-order chi connectivity index (χ1) is 13.7. The van der Waals surface area contributed by atoms with Gasteiger partial charge in [-0.25, -0.2) is 4.98 Å². The Kier molecular flexibility index (Phi) is 7.06. The van der Waals surface area contributed by atoms with Crippen molar-refractivity contribution in [3.63, 3.8) is 0 Å². The zero-order chi connectivity index (χ0) is 19.8. The van der Waals surface area contributed by atoms with Gasteiger partial charge in [0, 0.05) is 19.5 Å². The topological polar surface area (TPSA) is 56.1 Å². The maximum absolute atomic E-state index is 10.5. The summed E-state index contributed by atoms with van der Waals surface area (Å²) in [5, 5.41) is 2.72. The van der Waals surface area contributed by atoms with Crippen LogP contribution in [0.15, 0.2) is 48.5 Å². The van der Waals surface area contributed by atoms with Crippen LogP contribution >= 0.6 is 0 Å². The van der Waals surface area contributed by atoms with E-state index in [9.17, 15) is 4.79 Å². The van der Waals surface area contributed by atoms with Crippen LogP contribution in [-0.4, -0.2) is 29.1 Å². The number of carbonyl (C=O) groups is 1. The molecule has 1 atom stereocenters. The molecule has 1 heterocycles. The Balaban J connectivity index is 1.58. The van der Waals surface area contributed by atoms with Crippen molar-refractivity contribution in [3.8, 4) is 5.75 Å². The minimum atomic E-state index is 0.579. The van der Waals surface area contributed by atoms with Gasteiger partial charge >= 0.3 is 0 Å². The van der Waals surface area contributed by atoms with Crippen LogP contribution in [0.1, 0.15) is 44.0 Å². The molecule has 0 saturated heterocycles. The van der Waals surface area contributed by atoms with Crippen molar-refractivity contribution in [2.24, 2.45) is 0 Å². The van der Waals surface area contributed by atoms with Crippen LogP contribution in [0.25, 0.3) is 11.0 Å². The van der Waals surface area contributed by atoms with Crippen molar-refractivity contribution < 1.29 is 9.53 Å². The first kappa shape index (κ1) is 19.9. The number of carbonyl (C=O) groups excluding carboxylic acids is 1. The van der Waals surface area contributed by atoms with Gasteiger partial charge in [-0.15, -0.1) is 0 Å². The normalized spacial score (nSPS) is 12.1. The van der Waals surface area contributed by atoms with E-state index < -0.39 is 0 Å². The second kappa shape index (κ2) is 9.93. The molecule has 1 unspecified atom stereocenters. The van der Waals surface area contributed by atoms with E-state index in [1.165, 1.54) is 5.56 Å². The average molecular weight is 380 g/mol. The second-order valence-corrected chi connectivity index (χ2v) is 7.07. The molecule has 3 rings (SSSR count). The number of aromatic nitrogens is 2. The van der Waals surface area contributed by atoms with Gasteiger partial charge in [0.15, 0.2) is 0 Å². The monoisotopic (exact) mass is 379 g/mol. The Morgan fingerprint density at radius 1 is 1.18 bits per heavy atom. The summed E-state index contributed by atoms with van der Waals surface area (Å²) < 4.78 is 8.16. The van der Waals surface area contributed by atoms with Crippen molar-refractivity contribution in [3.05, 3.63) is 59.9 Å². The molecule has 0 bridgehead atoms. The Hall–Kier alpha value is -2.82. The molecule has 1 aromatic heterocycles. The van der Waals surface area contributed by atoms with Crippen LogP contribution in [0.4, 0.5) is 0 Å². The van der Waals surface area contributed by atoms with Crippen molar-refractivity contribution in [2.45, 2.75) is 45.6 Å². The Morgan fingerprint density at radius 3 is 2.71 bits per heavy atom. The van der Waals surface area contributed by atoms with Gasteiger partial charge in [-0.05, 0) is 48.6 Å². The summed E-state index contributed by atoms with van der Waals surface area (Å²) in [4.78, 5) is 15.2. The van der Waals surface area contributed by atoms with Crippen LogP contribution in [0.3, 0.4) is 0 Å². The molecule has 0 fully saturated rings. The highest BCUT2D eigenvalue weighted by Crippen LogP contribution is 2.22. The number of para-hydroxylation sites is 2. The molecule has 0 saturated carbocycles. The van der Waals surface area contributed by atoms with E-state index in [4.69, 9.17) is 9.72 Å². The van der Waals surface area contributed by atoms with Gasteiger partial charge in [-0.3, -0.25) is 4.79 Å². The van der Waals surface area contributed by atoms with Crippen LogP contribution in [0.2, 0.25) is 0 Å². The van der Waals surface area contributed by atoms with Gasteiger partial charge in [-0.2, -0.15) is 0 Å². The number of benzene rings is 2. The summed E-state index contributed by atoms with van der Waals surface area (Å²) >= 11 is 0. The SMILES string of the molecule is CCC(C)c1ccc(OCCCn2c(CCNC=O)nc3ccccc32)cc1. The van der Waals surface area contributed by atoms with Crippen molar-refractivity contribution in [2.75, 3.05) is 13.2 Å². The van der Waals surface area contributed by atoms with E-state index in [0.29, 0.717) is 25.5 Å². The van der Waals surface area contributed by atoms with Crippen LogP contribution in [0.5, 0.6) is 5.75 Å². The van der Waals surface area contributed by atoms with E-state index in [0.717, 1.165) is 48.4 Å². The van der Waals surface area contributed by atoms with E-state index >= 15 is 0 Å². The number of fused-ring (bicyclic) bond motifs is 1. The highest BCUT2D eigenvalue weighted by Gasteiger charge is 2.10. The number of imidazole rings is 1. The zero-order valence-electron chi connectivity index (χ0n) is 16.7. The second-order valence-electron chi connectivity index (χ2n) is 7.07. The number of amides is 1. The van der Waals surface area contributed by atoms with Gasteiger partial charge in [0.1, 0.15) is 11.6 Å². The van der Waals surface area contributed by atoms with Crippen molar-refractivity contribution in [1.29, 1.82) is 0 Å². The third kappa shape index (κ3) is 4.91. The maximum atomic E-state index is 10.5. The van der Waals surface area contributed by atoms with Gasteiger partial charge in [0.2, 0.25) is 6.41 Å². The van der Waals surface area contributed by atoms with Crippen LogP contribution in [-0.2, 0) is 17.8 Å². The molecule has 0 spiro atoms. The molecule has 0 aliphatic carbocycles. The van der Waals surface area contributed by atoms with Gasteiger partial charge in [0.25, 0.3) is 0 Å². The molecule has 5 heteroatoms. The first-order valence-corrected chi connectivity index (χ1v) is 10.1. The summed E-state index contributed by atoms with van der Waals surface area (Å²) in [7, 11) is 0. The lowest BCUT2D eigenvalue weighted by atomic mass is 9.99. The fraction of sp³-hybridized carbons (Fsp3) is 0.391. The molecule has 148 valence electrons. The quantitative estimate of drug-likeness (QED) is 0.399. The zero-order valence-corrected chi connectivity index (χ0v) is 16.7. The fourth-order valence-electron chi connectivity index (χ4n) is 3.35. The summed E-state index contributed by atoms with van der Waals surface area (Å²) in [6.07, 6.45) is 3.48. The number of ether oxygens (including phenoxy) is 1. The minimum Gasteiger partial charge on any atom is -0.494 e. The molecule has 2 aromatic carbocycles. The lowest BCUT2D eigenvalue weighted by molar-refractivity contribution is -0.109. The van der Waals surface area contributed by atoms with Gasteiger partial charge in [-0.1, -0.05) is 38.1 Å². The predicted octanol–water partition coefficient (Wildman–Crippen LogP) is 4.31. The molecular formula is C23H29N3O2. The van der Waals surface area contributed by atoms with Gasteiger partial charge < -0.3 is 14.6 Å². The van der Waals surface area contributed by atoms with E-state index in [-0.39, 0.29) is 0 Å². The number of rotatable bonds is 11. The standard InChI is InChI=1S/C23H29N3O2/c1-3-18(2)19-9-11-20(12-10-19)28-16-6-15-26-22-8-5-4-7-21(22)25-23(26)13-14-24-17-27/h4-5,7-12,17-18H,3,6,13-16H2,1-2H3,(H,24,27). The lowest BCUT2D eigenvalue weighted by Crippen LogP contribution is -2.17. The fourth-order valence-corrected chi connectivity index (χ4v) is 3.35. The molecule has 0 aliphatic heterocycles. The number of nitrogens with zero attached hydrogens (tertiary/aromatic N) is 2. The Bertz CT molecular complexity index is 887. The third-order valence-corrected chi connectivity index (χ3v) is 5.17. The Labute approximate surface area is 166 Å². The van der Waals surface area contributed by atoms with Crippen molar-refractivity contribution in [1.82, 2.24) is 14.9 Å². The van der Waals surface area contributed by atoms with Crippen molar-refractivity contribution >= 4 is 17.4 Å². The molecule has 1 amide bonds. The van der Waals surface area contributed by atoms with Crippen LogP contribution < -0.4 is 10.1 Å². The third-order valence-electron chi connectivity index (χ3n) is 5.17. The van der Waals surface area contributed by atoms with E-state index in [1.54, 1.807) is 0 Å². The maximum Gasteiger partial charge on any atom is 0.207 e. The number of hydrogen-bond acceptors (Lipinski definition) is 3. The molecular weight excluding hydrogens is 350 g/mol. The number of aryl methyl sites for hydroxylation is 1. The average Bonchev–Trinajstić information content (AvgIpc) is 3.08. The summed E-state index contributed by atoms with van der Waals surface area (Å²) in [5.74, 6) is 2.49. The predicted molar refractivity (Wildman–Crippen MR) is 113 cm³/mol. The van der Waals surface area contributed by atoms with E-state index in [2.05, 4.69) is 54.1 Å². The highest BCUT2D eigenvalue weighted by atomic mass is 16.5. The molecule has 0 aliphatic rings. The molecule has 0 radical (unpaired) electrons. The summed E-state index contributed by atoms with van der Waals surface area (Å²) in [6, 6.07) is 16.6. The molecule has 3 aromatic rings. The number of nitrogens with one attached hydrogen (secondary N) is 1. The number of hydrogen-bond donors (Lipinski definition) is 1. The van der Waals surface area contributed by atoms with E-state index in [1.807, 2.05) is 18.2 Å². The van der Waals surface area contributed by atoms with Gasteiger partial charge in [0.05, 0.1) is 17.6 Å². The summed E-state index contributed by atoms with van der Waals surface area (Å²) in [5.41, 5.74) is 3.47. The van der Waals surface area contributed by atoms with Crippen LogP contribution in [0, 0.1) is 0 Å². The molecule has 5 nitrogen and oxygen atoms in total. The summed E-state index contributed by atoms with van der Waals surface area (Å²) in [6.45, 7) is 6.53. The minimum absolute atomic E-state index is 0.579. The lowest BCUT2D eigenvalue weighted by Gasteiger charge is -2.12. The molecule has 28 heavy (non-hydrogen) atoms. The Morgan fingerprint density at radius 2 is 1.96 bits per heavy atom. The highest BCUT2D eigenvalue weighted by molar-refractivity contribution is 5.75. The largest absolute Gasteiger partial charge is 0.494 e. The molecule has 1 N–H and O–H groups in total. The smallest absolute Gasteiger partial charge is 0.207 e. The first-order valence-electron chi connectivity index (χ1n) is 10.1.